The van der Waals surface area contributed by atoms with Crippen LogP contribution in [0.5, 0.6) is 5.75 Å². The number of carbonyl (C=O) groups is 3. The van der Waals surface area contributed by atoms with Gasteiger partial charge in [0.15, 0.2) is 5.13 Å². The Kier molecular flexibility index (Phi) is 8.79. The third-order valence-electron chi connectivity index (χ3n) is 6.21. The number of nitrogens with zero attached hydrogens (tertiary/aromatic N) is 2. The maximum absolute atomic E-state index is 13.6. The van der Waals surface area contributed by atoms with Crippen LogP contribution in [0.1, 0.15) is 52.8 Å². The number of carbonyl (C=O) groups excluding carboxylic acids is 3. The van der Waals surface area contributed by atoms with E-state index in [0.29, 0.717) is 29.5 Å². The summed E-state index contributed by atoms with van der Waals surface area (Å²) in [6.07, 6.45) is 2.26. The first kappa shape index (κ1) is 28.7. The number of halogens is 1. The van der Waals surface area contributed by atoms with Gasteiger partial charge in [0.1, 0.15) is 28.8 Å². The molecule has 4 rings (SSSR count). The summed E-state index contributed by atoms with van der Waals surface area (Å²) in [5.41, 5.74) is 0.768. The fourth-order valence-corrected chi connectivity index (χ4v) is 5.16. The zero-order valence-corrected chi connectivity index (χ0v) is 23.2. The van der Waals surface area contributed by atoms with E-state index in [1.165, 1.54) is 18.2 Å². The van der Waals surface area contributed by atoms with Crippen LogP contribution in [-0.4, -0.2) is 41.0 Å². The third-order valence-corrected chi connectivity index (χ3v) is 7.35. The molecule has 1 N–H and O–H groups in total. The number of aryl methyl sites for hydroxylation is 1. The molecular formula is C30H29FN2O6S. The summed E-state index contributed by atoms with van der Waals surface area (Å²) in [5, 5.41) is 11.3. The number of Topliss-reactive ketones (excluding diaryl/α,β-unsaturated/α-hetero) is 1. The van der Waals surface area contributed by atoms with Gasteiger partial charge in [-0.3, -0.25) is 14.5 Å². The molecule has 0 bridgehead atoms. The van der Waals surface area contributed by atoms with Crippen LogP contribution in [0.4, 0.5) is 9.52 Å². The minimum absolute atomic E-state index is 0.00269. The van der Waals surface area contributed by atoms with Gasteiger partial charge in [-0.2, -0.15) is 0 Å². The van der Waals surface area contributed by atoms with Crippen molar-refractivity contribution in [3.8, 4) is 5.75 Å². The number of benzene rings is 2. The first-order valence-corrected chi connectivity index (χ1v) is 13.5. The molecule has 0 radical (unpaired) electrons. The Morgan fingerprint density at radius 2 is 1.95 bits per heavy atom. The Labute approximate surface area is 235 Å². The number of hydrogen-bond acceptors (Lipinski definition) is 8. The normalized spacial score (nSPS) is 16.4. The van der Waals surface area contributed by atoms with Crippen molar-refractivity contribution in [2.45, 2.75) is 33.2 Å². The smallest absolute Gasteiger partial charge is 0.350 e. The van der Waals surface area contributed by atoms with Crippen LogP contribution >= 0.6 is 11.3 Å². The molecule has 0 saturated carbocycles. The highest BCUT2D eigenvalue weighted by Gasteiger charge is 2.48. The van der Waals surface area contributed by atoms with Crippen molar-refractivity contribution in [1.82, 2.24) is 4.98 Å². The minimum atomic E-state index is -1.10. The SMILES string of the molecule is C=CCOC(=O)c1sc(N2C(=O)C(=O)C(=C(O)c3ccc(F)cc3)C2c2cccc(OCCC(C)C)c2)nc1C. The molecule has 0 aliphatic carbocycles. The predicted molar refractivity (Wildman–Crippen MR) is 150 cm³/mol. The summed E-state index contributed by atoms with van der Waals surface area (Å²) in [6.45, 7) is 9.76. The average molecular weight is 565 g/mol. The van der Waals surface area contributed by atoms with Crippen molar-refractivity contribution < 1.29 is 33.4 Å². The summed E-state index contributed by atoms with van der Waals surface area (Å²) < 4.78 is 24.6. The van der Waals surface area contributed by atoms with Crippen molar-refractivity contribution in [1.29, 1.82) is 0 Å². The number of thiazole rings is 1. The van der Waals surface area contributed by atoms with Crippen LogP contribution in [0.3, 0.4) is 0 Å². The Balaban J connectivity index is 1.84. The molecule has 1 fully saturated rings. The highest BCUT2D eigenvalue weighted by Crippen LogP contribution is 2.44. The maximum Gasteiger partial charge on any atom is 0.350 e. The van der Waals surface area contributed by atoms with Gasteiger partial charge in [0.05, 0.1) is 23.9 Å². The number of ether oxygens (including phenoxy) is 2. The van der Waals surface area contributed by atoms with Crippen molar-refractivity contribution in [3.05, 3.63) is 94.3 Å². The molecule has 0 spiro atoms. The number of anilines is 1. The zero-order chi connectivity index (χ0) is 29.0. The van der Waals surface area contributed by atoms with Crippen LogP contribution in [0, 0.1) is 18.7 Å². The number of hydrogen-bond donors (Lipinski definition) is 1. The lowest BCUT2D eigenvalue weighted by molar-refractivity contribution is -0.132. The molecule has 1 saturated heterocycles. The van der Waals surface area contributed by atoms with Crippen molar-refractivity contribution in [2.75, 3.05) is 18.1 Å². The number of aliphatic hydroxyl groups excluding tert-OH is 1. The summed E-state index contributed by atoms with van der Waals surface area (Å²) in [7, 11) is 0. The molecule has 2 aromatic carbocycles. The fourth-order valence-electron chi connectivity index (χ4n) is 4.17. The lowest BCUT2D eigenvalue weighted by Gasteiger charge is -2.23. The second-order valence-electron chi connectivity index (χ2n) is 9.58. The number of esters is 1. The van der Waals surface area contributed by atoms with Gasteiger partial charge >= 0.3 is 11.9 Å². The summed E-state index contributed by atoms with van der Waals surface area (Å²) in [6, 6.07) is 10.7. The molecular weight excluding hydrogens is 535 g/mol. The molecule has 1 aromatic heterocycles. The van der Waals surface area contributed by atoms with Gasteiger partial charge in [0.2, 0.25) is 0 Å². The van der Waals surface area contributed by atoms with Crippen molar-refractivity contribution in [2.24, 2.45) is 5.92 Å². The van der Waals surface area contributed by atoms with Crippen LogP contribution in [-0.2, 0) is 14.3 Å². The number of ketones is 1. The van der Waals surface area contributed by atoms with Gasteiger partial charge in [0, 0.05) is 5.56 Å². The number of aliphatic hydroxyl groups is 1. The third kappa shape index (κ3) is 5.96. The van der Waals surface area contributed by atoms with Crippen LogP contribution in [0.2, 0.25) is 0 Å². The molecule has 1 atom stereocenters. The summed E-state index contributed by atoms with van der Waals surface area (Å²) in [4.78, 5) is 45.2. The maximum atomic E-state index is 13.6. The molecule has 2 heterocycles. The Morgan fingerprint density at radius 1 is 1.23 bits per heavy atom. The number of amides is 1. The average Bonchev–Trinajstić information content (AvgIpc) is 3.43. The van der Waals surface area contributed by atoms with E-state index in [-0.39, 0.29) is 27.8 Å². The van der Waals surface area contributed by atoms with Crippen molar-refractivity contribution in [3.63, 3.8) is 0 Å². The quantitative estimate of drug-likeness (QED) is 0.106. The van der Waals surface area contributed by atoms with E-state index < -0.39 is 35.3 Å². The standard InChI is InChI=1S/C30H29FN2O6S/c1-5-14-39-29(37)27-18(4)32-30(40-27)33-24(20-7-6-8-22(16-20)38-15-13-17(2)3)23(26(35)28(33)36)25(34)19-9-11-21(31)12-10-19/h5-12,16-17,24,34H,1,13-15H2,2-4H3. The Bertz CT molecular complexity index is 1480. The number of rotatable bonds is 10. The Hall–Kier alpha value is -4.31. The predicted octanol–water partition coefficient (Wildman–Crippen LogP) is 5.98. The van der Waals surface area contributed by atoms with E-state index in [1.54, 1.807) is 31.2 Å². The van der Waals surface area contributed by atoms with Gasteiger partial charge in [-0.05, 0) is 61.2 Å². The largest absolute Gasteiger partial charge is 0.507 e. The van der Waals surface area contributed by atoms with E-state index in [1.807, 2.05) is 0 Å². The Morgan fingerprint density at radius 3 is 2.62 bits per heavy atom. The molecule has 10 heteroatoms. The van der Waals surface area contributed by atoms with E-state index in [9.17, 15) is 23.9 Å². The second kappa shape index (κ2) is 12.3. The van der Waals surface area contributed by atoms with E-state index >= 15 is 0 Å². The van der Waals surface area contributed by atoms with E-state index in [2.05, 4.69) is 25.4 Å². The van der Waals surface area contributed by atoms with Crippen LogP contribution < -0.4 is 9.64 Å². The van der Waals surface area contributed by atoms with E-state index in [4.69, 9.17) is 9.47 Å². The van der Waals surface area contributed by atoms with Crippen molar-refractivity contribution >= 4 is 39.9 Å². The van der Waals surface area contributed by atoms with Gasteiger partial charge in [0.25, 0.3) is 5.78 Å². The zero-order valence-electron chi connectivity index (χ0n) is 22.3. The second-order valence-corrected chi connectivity index (χ2v) is 10.6. The molecule has 3 aromatic rings. The molecule has 8 nitrogen and oxygen atoms in total. The molecule has 1 aliphatic heterocycles. The van der Waals surface area contributed by atoms with Crippen LogP contribution in [0.25, 0.3) is 5.76 Å². The lowest BCUT2D eigenvalue weighted by Crippen LogP contribution is -2.29. The minimum Gasteiger partial charge on any atom is -0.507 e. The number of aromatic nitrogens is 1. The summed E-state index contributed by atoms with van der Waals surface area (Å²) >= 11 is 0.900. The monoisotopic (exact) mass is 564 g/mol. The molecule has 1 unspecified atom stereocenters. The summed E-state index contributed by atoms with van der Waals surface area (Å²) in [5.74, 6) is -2.53. The van der Waals surface area contributed by atoms with Gasteiger partial charge < -0.3 is 14.6 Å². The van der Waals surface area contributed by atoms with Gasteiger partial charge in [-0.1, -0.05) is 50.0 Å². The molecule has 1 aliphatic rings. The lowest BCUT2D eigenvalue weighted by atomic mass is 9.95. The molecule has 1 amide bonds. The highest BCUT2D eigenvalue weighted by atomic mass is 32.1. The first-order valence-electron chi connectivity index (χ1n) is 12.7. The topological polar surface area (TPSA) is 106 Å². The van der Waals surface area contributed by atoms with Crippen LogP contribution in [0.15, 0.2) is 66.8 Å². The highest BCUT2D eigenvalue weighted by molar-refractivity contribution is 7.17. The van der Waals surface area contributed by atoms with Gasteiger partial charge in [-0.15, -0.1) is 0 Å². The fraction of sp³-hybridized carbons (Fsp3) is 0.267. The first-order chi connectivity index (χ1) is 19.1. The van der Waals surface area contributed by atoms with Gasteiger partial charge in [-0.25, -0.2) is 14.2 Å². The molecule has 208 valence electrons. The molecule has 40 heavy (non-hydrogen) atoms. The van der Waals surface area contributed by atoms with E-state index in [0.717, 1.165) is 34.8 Å².